The third-order valence-corrected chi connectivity index (χ3v) is 7.92. The summed E-state index contributed by atoms with van der Waals surface area (Å²) in [5.74, 6) is -1.03. The van der Waals surface area contributed by atoms with Gasteiger partial charge in [0.15, 0.2) is 0 Å². The molecule has 0 spiro atoms. The van der Waals surface area contributed by atoms with Crippen molar-refractivity contribution in [2.75, 3.05) is 19.7 Å². The molecule has 1 aliphatic rings. The number of rotatable bonds is 7. The number of sulfonamides is 1. The van der Waals surface area contributed by atoms with E-state index in [0.29, 0.717) is 35.8 Å². The van der Waals surface area contributed by atoms with Gasteiger partial charge in [-0.3, -0.25) is 4.79 Å². The summed E-state index contributed by atoms with van der Waals surface area (Å²) in [4.78, 5) is 27.9. The minimum Gasteiger partial charge on any atom is -0.462 e. The van der Waals surface area contributed by atoms with Crippen LogP contribution in [-0.4, -0.2) is 49.3 Å². The highest BCUT2D eigenvalue weighted by Crippen LogP contribution is 2.30. The molecule has 2 N–H and O–H groups in total. The molecule has 0 atom stereocenters. The van der Waals surface area contributed by atoms with E-state index >= 15 is 0 Å². The summed E-state index contributed by atoms with van der Waals surface area (Å²) in [5.41, 5.74) is 1.84. The number of ether oxygens (including phenoxy) is 1. The van der Waals surface area contributed by atoms with Gasteiger partial charge in [-0.15, -0.1) is 0 Å². The van der Waals surface area contributed by atoms with Crippen LogP contribution in [0.25, 0.3) is 0 Å². The van der Waals surface area contributed by atoms with Crippen molar-refractivity contribution in [1.82, 2.24) is 14.6 Å². The normalized spacial score (nSPS) is 15.5. The molecule has 32 heavy (non-hydrogen) atoms. The summed E-state index contributed by atoms with van der Waals surface area (Å²) in [5, 5.41) is 3.54. The Morgan fingerprint density at radius 2 is 1.78 bits per heavy atom. The molecule has 174 valence electrons. The molecule has 0 bridgehead atoms. The minimum absolute atomic E-state index is 0.0425. The van der Waals surface area contributed by atoms with Crippen molar-refractivity contribution in [1.29, 1.82) is 0 Å². The molecule has 0 unspecified atom stereocenters. The first-order valence-electron chi connectivity index (χ1n) is 10.5. The molecular weight excluding hydrogens is 454 g/mol. The molecule has 1 fully saturated rings. The summed E-state index contributed by atoms with van der Waals surface area (Å²) < 4.78 is 33.1. The van der Waals surface area contributed by atoms with Crippen LogP contribution in [0.3, 0.4) is 0 Å². The summed E-state index contributed by atoms with van der Waals surface area (Å²) >= 11 is 5.88. The number of hydrogen-bond donors (Lipinski definition) is 2. The highest BCUT2D eigenvalue weighted by atomic mass is 35.5. The lowest BCUT2D eigenvalue weighted by Gasteiger charge is -2.30. The molecule has 1 aliphatic heterocycles. The van der Waals surface area contributed by atoms with E-state index in [2.05, 4.69) is 10.3 Å². The van der Waals surface area contributed by atoms with E-state index in [1.165, 1.54) is 4.31 Å². The van der Waals surface area contributed by atoms with E-state index in [0.717, 1.165) is 5.56 Å². The number of hydrogen-bond acceptors (Lipinski definition) is 5. The van der Waals surface area contributed by atoms with Gasteiger partial charge in [-0.05, 0) is 51.3 Å². The van der Waals surface area contributed by atoms with Crippen LogP contribution in [-0.2, 0) is 26.1 Å². The number of aromatic nitrogens is 1. The van der Waals surface area contributed by atoms with E-state index in [1.807, 2.05) is 12.1 Å². The third-order valence-electron chi connectivity index (χ3n) is 5.60. The Morgan fingerprint density at radius 1 is 1.16 bits per heavy atom. The number of piperidine rings is 1. The van der Waals surface area contributed by atoms with Gasteiger partial charge in [-0.1, -0.05) is 23.7 Å². The van der Waals surface area contributed by atoms with Gasteiger partial charge >= 0.3 is 5.97 Å². The van der Waals surface area contributed by atoms with Gasteiger partial charge in [0.2, 0.25) is 15.9 Å². The fraction of sp³-hybridized carbons (Fsp3) is 0.455. The summed E-state index contributed by atoms with van der Waals surface area (Å²) in [6.45, 7) is 5.89. The topological polar surface area (TPSA) is 109 Å². The average molecular weight is 482 g/mol. The zero-order valence-electron chi connectivity index (χ0n) is 18.4. The minimum atomic E-state index is -3.92. The molecule has 2 aromatic rings. The van der Waals surface area contributed by atoms with E-state index < -0.39 is 16.0 Å². The average Bonchev–Trinajstić information content (AvgIpc) is 3.08. The first-order chi connectivity index (χ1) is 15.1. The molecule has 0 saturated carbocycles. The van der Waals surface area contributed by atoms with Crippen LogP contribution >= 0.6 is 11.6 Å². The number of nitrogens with zero attached hydrogens (tertiary/aromatic N) is 1. The van der Waals surface area contributed by atoms with Gasteiger partial charge in [0.25, 0.3) is 0 Å². The van der Waals surface area contributed by atoms with Gasteiger partial charge in [0.05, 0.1) is 6.61 Å². The van der Waals surface area contributed by atoms with Crippen LogP contribution < -0.4 is 5.32 Å². The SMILES string of the molecule is CCOC(=O)c1c(C)[nH]c(C)c1S(=O)(=O)N1CCC(C(=O)NCc2ccc(Cl)cc2)CC1. The molecular formula is C22H28ClN3O5S. The Labute approximate surface area is 193 Å². The summed E-state index contributed by atoms with van der Waals surface area (Å²) in [6.07, 6.45) is 0.811. The number of carbonyl (C=O) groups excluding carboxylic acids is 2. The first kappa shape index (κ1) is 24.3. The quantitative estimate of drug-likeness (QED) is 0.590. The predicted octanol–water partition coefficient (Wildman–Crippen LogP) is 3.18. The molecule has 8 nitrogen and oxygen atoms in total. The first-order valence-corrected chi connectivity index (χ1v) is 12.4. The Bertz CT molecular complexity index is 1090. The Hall–Kier alpha value is -2.36. The number of esters is 1. The molecule has 10 heteroatoms. The number of aromatic amines is 1. The van der Waals surface area contributed by atoms with E-state index in [9.17, 15) is 18.0 Å². The number of benzene rings is 1. The number of aryl methyl sites for hydroxylation is 2. The maximum Gasteiger partial charge on any atom is 0.341 e. The van der Waals surface area contributed by atoms with Gasteiger partial charge < -0.3 is 15.0 Å². The fourth-order valence-corrected chi connectivity index (χ4v) is 5.96. The monoisotopic (exact) mass is 481 g/mol. The lowest BCUT2D eigenvalue weighted by Crippen LogP contribution is -2.43. The van der Waals surface area contributed by atoms with Crippen molar-refractivity contribution in [3.05, 3.63) is 51.8 Å². The molecule has 1 amide bonds. The van der Waals surface area contributed by atoms with Crippen molar-refractivity contribution in [2.45, 2.75) is 45.1 Å². The van der Waals surface area contributed by atoms with Crippen molar-refractivity contribution < 1.29 is 22.7 Å². The van der Waals surface area contributed by atoms with E-state index in [4.69, 9.17) is 16.3 Å². The Morgan fingerprint density at radius 3 is 2.38 bits per heavy atom. The van der Waals surface area contributed by atoms with Crippen LogP contribution in [0, 0.1) is 19.8 Å². The summed E-state index contributed by atoms with van der Waals surface area (Å²) in [7, 11) is -3.92. The van der Waals surface area contributed by atoms with Crippen LogP contribution in [0.1, 0.15) is 47.1 Å². The molecule has 3 rings (SSSR count). The maximum atomic E-state index is 13.4. The smallest absolute Gasteiger partial charge is 0.341 e. The van der Waals surface area contributed by atoms with Gasteiger partial charge in [0.1, 0.15) is 10.5 Å². The number of halogens is 1. The molecule has 0 radical (unpaired) electrons. The van der Waals surface area contributed by atoms with E-state index in [1.54, 1.807) is 32.9 Å². The number of amides is 1. The van der Waals surface area contributed by atoms with Crippen molar-refractivity contribution in [3.63, 3.8) is 0 Å². The van der Waals surface area contributed by atoms with E-state index in [-0.39, 0.29) is 42.0 Å². The van der Waals surface area contributed by atoms with Crippen LogP contribution in [0.5, 0.6) is 0 Å². The maximum absolute atomic E-state index is 13.4. The Balaban J connectivity index is 1.66. The zero-order valence-corrected chi connectivity index (χ0v) is 20.0. The standard InChI is InChI=1S/C22H28ClN3O5S/c1-4-31-22(28)19-14(2)25-15(3)20(19)32(29,30)26-11-9-17(10-12-26)21(27)24-13-16-5-7-18(23)8-6-16/h5-8,17,25H,4,9-13H2,1-3H3,(H,24,27). The van der Waals surface area contributed by atoms with Crippen molar-refractivity contribution in [2.24, 2.45) is 5.92 Å². The highest BCUT2D eigenvalue weighted by Gasteiger charge is 2.37. The molecule has 1 saturated heterocycles. The highest BCUT2D eigenvalue weighted by molar-refractivity contribution is 7.89. The summed E-state index contributed by atoms with van der Waals surface area (Å²) in [6, 6.07) is 7.23. The molecule has 1 aromatic heterocycles. The van der Waals surface area contributed by atoms with Crippen molar-refractivity contribution >= 4 is 33.5 Å². The van der Waals surface area contributed by atoms with Crippen LogP contribution in [0.4, 0.5) is 0 Å². The molecule has 2 heterocycles. The molecule has 1 aromatic carbocycles. The second-order valence-corrected chi connectivity index (χ2v) is 10.1. The van der Waals surface area contributed by atoms with Crippen LogP contribution in [0.2, 0.25) is 5.02 Å². The predicted molar refractivity (Wildman–Crippen MR) is 121 cm³/mol. The van der Waals surface area contributed by atoms with Gasteiger partial charge in [-0.2, -0.15) is 4.31 Å². The number of carbonyl (C=O) groups is 2. The fourth-order valence-electron chi connectivity index (χ4n) is 3.95. The largest absolute Gasteiger partial charge is 0.462 e. The molecule has 0 aliphatic carbocycles. The second-order valence-electron chi connectivity index (χ2n) is 7.82. The third kappa shape index (κ3) is 5.16. The Kier molecular flexibility index (Phi) is 7.63. The number of H-pyrrole nitrogens is 1. The van der Waals surface area contributed by atoms with Crippen molar-refractivity contribution in [3.8, 4) is 0 Å². The lowest BCUT2D eigenvalue weighted by atomic mass is 9.97. The zero-order chi connectivity index (χ0) is 23.5. The lowest BCUT2D eigenvalue weighted by molar-refractivity contribution is -0.126. The van der Waals surface area contributed by atoms with Crippen LogP contribution in [0.15, 0.2) is 29.2 Å². The van der Waals surface area contributed by atoms with Gasteiger partial charge in [0, 0.05) is 42.0 Å². The second kappa shape index (κ2) is 10.1. The number of nitrogens with one attached hydrogen (secondary N) is 2. The van der Waals surface area contributed by atoms with Gasteiger partial charge in [-0.25, -0.2) is 13.2 Å².